The van der Waals surface area contributed by atoms with Crippen molar-refractivity contribution in [2.45, 2.75) is 13.3 Å². The number of para-hydroxylation sites is 1. The van der Waals surface area contributed by atoms with Gasteiger partial charge in [0.2, 0.25) is 0 Å². The third kappa shape index (κ3) is 2.28. The summed E-state index contributed by atoms with van der Waals surface area (Å²) in [6, 6.07) is 10.2. The van der Waals surface area contributed by atoms with Gasteiger partial charge in [0.05, 0.1) is 10.6 Å². The van der Waals surface area contributed by atoms with E-state index in [2.05, 4.69) is 40.1 Å². The Balaban J connectivity index is 2.13. The van der Waals surface area contributed by atoms with E-state index >= 15 is 0 Å². The van der Waals surface area contributed by atoms with Crippen LogP contribution < -0.4 is 0 Å². The molecule has 0 radical (unpaired) electrons. The van der Waals surface area contributed by atoms with Crippen molar-refractivity contribution in [1.82, 2.24) is 9.55 Å². The molecule has 1 N–H and O–H groups in total. The molecule has 3 nitrogen and oxygen atoms in total. The Morgan fingerprint density at radius 1 is 1.25 bits per heavy atom. The van der Waals surface area contributed by atoms with E-state index in [1.807, 2.05) is 24.5 Å². The van der Waals surface area contributed by atoms with Gasteiger partial charge in [0.25, 0.3) is 0 Å². The molecule has 0 bridgehead atoms. The number of aromatic nitrogens is 2. The van der Waals surface area contributed by atoms with Crippen LogP contribution in [0.15, 0.2) is 48.1 Å². The molecule has 4 heteroatoms. The quantitative estimate of drug-likeness (QED) is 0.797. The molecule has 0 fully saturated rings. The third-order valence-electron chi connectivity index (χ3n) is 3.34. The van der Waals surface area contributed by atoms with Crippen molar-refractivity contribution in [3.63, 3.8) is 0 Å². The van der Waals surface area contributed by atoms with Crippen LogP contribution in [-0.4, -0.2) is 21.3 Å². The van der Waals surface area contributed by atoms with Crippen molar-refractivity contribution >= 4 is 11.3 Å². The van der Waals surface area contributed by atoms with Gasteiger partial charge in [-0.05, 0) is 42.0 Å². The first-order valence-electron chi connectivity index (χ1n) is 6.58. The molecule has 3 aromatic rings. The summed E-state index contributed by atoms with van der Waals surface area (Å²) in [5.41, 5.74) is 3.45. The summed E-state index contributed by atoms with van der Waals surface area (Å²) in [5, 5.41) is 11.3. The zero-order valence-corrected chi connectivity index (χ0v) is 12.1. The van der Waals surface area contributed by atoms with Crippen LogP contribution in [0.1, 0.15) is 11.1 Å². The van der Waals surface area contributed by atoms with Crippen LogP contribution in [0.25, 0.3) is 16.4 Å². The van der Waals surface area contributed by atoms with Crippen LogP contribution in [0, 0.1) is 6.92 Å². The highest BCUT2D eigenvalue weighted by molar-refractivity contribution is 7.13. The number of aliphatic hydroxyl groups excluding tert-OH is 1. The number of aliphatic hydroxyl groups is 1. The second-order valence-corrected chi connectivity index (χ2v) is 5.57. The summed E-state index contributed by atoms with van der Waals surface area (Å²) in [7, 11) is 0. The van der Waals surface area contributed by atoms with E-state index in [0.717, 1.165) is 17.1 Å². The average Bonchev–Trinajstić information content (AvgIpc) is 3.08. The summed E-state index contributed by atoms with van der Waals surface area (Å²) < 4.78 is 2.10. The van der Waals surface area contributed by atoms with Crippen molar-refractivity contribution in [2.75, 3.05) is 6.61 Å². The lowest BCUT2D eigenvalue weighted by molar-refractivity contribution is 0.299. The summed E-state index contributed by atoms with van der Waals surface area (Å²) in [5.74, 6) is 0.961. The monoisotopic (exact) mass is 284 g/mol. The molecule has 3 rings (SSSR count). The Labute approximate surface area is 122 Å². The van der Waals surface area contributed by atoms with Crippen LogP contribution >= 0.6 is 11.3 Å². The average molecular weight is 284 g/mol. The molecule has 0 aliphatic rings. The lowest BCUT2D eigenvalue weighted by atomic mass is 10.1. The molecule has 2 aromatic heterocycles. The normalized spacial score (nSPS) is 10.9. The van der Waals surface area contributed by atoms with E-state index in [-0.39, 0.29) is 6.61 Å². The lowest BCUT2D eigenvalue weighted by Gasteiger charge is -2.12. The number of hydrogen-bond donors (Lipinski definition) is 1. The number of thiophene rings is 1. The Bertz CT molecular complexity index is 715. The highest BCUT2D eigenvalue weighted by Gasteiger charge is 2.13. The van der Waals surface area contributed by atoms with Gasteiger partial charge in [-0.1, -0.05) is 18.2 Å². The van der Waals surface area contributed by atoms with Crippen LogP contribution in [0.4, 0.5) is 0 Å². The van der Waals surface area contributed by atoms with E-state index in [1.54, 1.807) is 11.3 Å². The van der Waals surface area contributed by atoms with Gasteiger partial charge in [-0.2, -0.15) is 0 Å². The second kappa shape index (κ2) is 5.61. The van der Waals surface area contributed by atoms with Gasteiger partial charge in [-0.3, -0.25) is 4.57 Å². The second-order valence-electron chi connectivity index (χ2n) is 4.66. The Kier molecular flexibility index (Phi) is 3.67. The fraction of sp³-hybridized carbons (Fsp3) is 0.188. The van der Waals surface area contributed by atoms with Gasteiger partial charge in [-0.15, -0.1) is 11.3 Å². The standard InChI is InChI=1S/C16H16N2OS/c1-12-7-11-20-15(12)16-17-8-9-18(16)14-5-3-2-4-13(14)6-10-19/h2-5,7-9,11,19H,6,10H2,1H3. The van der Waals surface area contributed by atoms with Crippen molar-refractivity contribution in [1.29, 1.82) is 0 Å². The maximum Gasteiger partial charge on any atom is 0.154 e. The minimum Gasteiger partial charge on any atom is -0.396 e. The smallest absolute Gasteiger partial charge is 0.154 e. The number of rotatable bonds is 4. The third-order valence-corrected chi connectivity index (χ3v) is 4.35. The summed E-state index contributed by atoms with van der Waals surface area (Å²) in [4.78, 5) is 5.70. The fourth-order valence-electron chi connectivity index (χ4n) is 2.35. The van der Waals surface area contributed by atoms with Crippen LogP contribution in [0.2, 0.25) is 0 Å². The molecular weight excluding hydrogens is 268 g/mol. The number of aryl methyl sites for hydroxylation is 1. The highest BCUT2D eigenvalue weighted by Crippen LogP contribution is 2.30. The molecule has 20 heavy (non-hydrogen) atoms. The minimum atomic E-state index is 0.152. The highest BCUT2D eigenvalue weighted by atomic mass is 32.1. The summed E-state index contributed by atoms with van der Waals surface area (Å²) >= 11 is 1.70. The lowest BCUT2D eigenvalue weighted by Crippen LogP contribution is -2.02. The first kappa shape index (κ1) is 13.1. The minimum absolute atomic E-state index is 0.152. The van der Waals surface area contributed by atoms with Gasteiger partial charge in [0.15, 0.2) is 5.82 Å². The van der Waals surface area contributed by atoms with Gasteiger partial charge in [0, 0.05) is 19.0 Å². The molecule has 0 atom stereocenters. The first-order valence-corrected chi connectivity index (χ1v) is 7.46. The zero-order chi connectivity index (χ0) is 13.9. The summed E-state index contributed by atoms with van der Waals surface area (Å²) in [6.45, 7) is 2.25. The molecule has 102 valence electrons. The largest absolute Gasteiger partial charge is 0.396 e. The number of hydrogen-bond acceptors (Lipinski definition) is 3. The molecule has 0 aliphatic heterocycles. The maximum absolute atomic E-state index is 9.22. The van der Waals surface area contributed by atoms with Crippen molar-refractivity contribution < 1.29 is 5.11 Å². The predicted molar refractivity (Wildman–Crippen MR) is 82.4 cm³/mol. The van der Waals surface area contributed by atoms with Crippen LogP contribution in [-0.2, 0) is 6.42 Å². The van der Waals surface area contributed by atoms with Gasteiger partial charge >= 0.3 is 0 Å². The van der Waals surface area contributed by atoms with Gasteiger partial charge in [-0.25, -0.2) is 4.98 Å². The molecule has 0 saturated heterocycles. The van der Waals surface area contributed by atoms with Crippen molar-refractivity contribution in [2.24, 2.45) is 0 Å². The van der Waals surface area contributed by atoms with Gasteiger partial charge in [0.1, 0.15) is 0 Å². The van der Waals surface area contributed by atoms with E-state index in [0.29, 0.717) is 6.42 Å². The van der Waals surface area contributed by atoms with Gasteiger partial charge < -0.3 is 5.11 Å². The van der Waals surface area contributed by atoms with Crippen molar-refractivity contribution in [3.8, 4) is 16.4 Å². The fourth-order valence-corrected chi connectivity index (χ4v) is 3.26. The maximum atomic E-state index is 9.22. The number of nitrogens with zero attached hydrogens (tertiary/aromatic N) is 2. The van der Waals surface area contributed by atoms with E-state index in [4.69, 9.17) is 0 Å². The number of imidazole rings is 1. The Hall–Kier alpha value is -1.91. The molecule has 0 aliphatic carbocycles. The van der Waals surface area contributed by atoms with Crippen LogP contribution in [0.3, 0.4) is 0 Å². The Morgan fingerprint density at radius 2 is 2.10 bits per heavy atom. The molecule has 2 heterocycles. The van der Waals surface area contributed by atoms with Crippen LogP contribution in [0.5, 0.6) is 0 Å². The molecule has 0 saturated carbocycles. The Morgan fingerprint density at radius 3 is 2.85 bits per heavy atom. The molecule has 0 unspecified atom stereocenters. The SMILES string of the molecule is Cc1ccsc1-c1nccn1-c1ccccc1CCO. The molecule has 0 spiro atoms. The van der Waals surface area contributed by atoms with Crippen molar-refractivity contribution in [3.05, 3.63) is 59.2 Å². The first-order chi connectivity index (χ1) is 9.81. The summed E-state index contributed by atoms with van der Waals surface area (Å²) in [6.07, 6.45) is 4.45. The number of benzene rings is 1. The molecule has 1 aromatic carbocycles. The molecular formula is C16H16N2OS. The van der Waals surface area contributed by atoms with E-state index in [1.165, 1.54) is 10.4 Å². The van der Waals surface area contributed by atoms with E-state index < -0.39 is 0 Å². The molecule has 0 amide bonds. The van der Waals surface area contributed by atoms with E-state index in [9.17, 15) is 5.11 Å². The predicted octanol–water partition coefficient (Wildman–Crippen LogP) is 3.44. The zero-order valence-electron chi connectivity index (χ0n) is 11.3. The topological polar surface area (TPSA) is 38.0 Å².